The molecule has 0 radical (unpaired) electrons. The highest BCUT2D eigenvalue weighted by molar-refractivity contribution is 5.20. The van der Waals surface area contributed by atoms with Crippen LogP contribution < -0.4 is 5.63 Å². The Bertz CT molecular complexity index is 394. The Balaban J connectivity index is 2.63. The van der Waals surface area contributed by atoms with E-state index in [9.17, 15) is 9.90 Å². The minimum absolute atomic E-state index is 0.0163. The molecule has 0 aromatic carbocycles. The van der Waals surface area contributed by atoms with E-state index in [2.05, 4.69) is 0 Å². The van der Waals surface area contributed by atoms with Gasteiger partial charge in [0.15, 0.2) is 6.29 Å². The lowest BCUT2D eigenvalue weighted by atomic mass is 10.0. The first kappa shape index (κ1) is 13.7. The molecule has 17 heavy (non-hydrogen) atoms. The zero-order valence-corrected chi connectivity index (χ0v) is 10.3. The van der Waals surface area contributed by atoms with Crippen LogP contribution in [-0.4, -0.2) is 25.6 Å². The second kappa shape index (κ2) is 6.42. The number of hydrogen-bond donors (Lipinski definition) is 1. The molecule has 1 aromatic heterocycles. The van der Waals surface area contributed by atoms with Crippen LogP contribution in [0.3, 0.4) is 0 Å². The number of aromatic hydroxyl groups is 1. The van der Waals surface area contributed by atoms with E-state index in [-0.39, 0.29) is 18.0 Å². The molecule has 1 aromatic rings. The summed E-state index contributed by atoms with van der Waals surface area (Å²) in [7, 11) is 3.15. The number of rotatable bonds is 6. The lowest BCUT2D eigenvalue weighted by molar-refractivity contribution is -0.107. The summed E-state index contributed by atoms with van der Waals surface area (Å²) in [5, 5.41) is 9.30. The Morgan fingerprint density at radius 1 is 1.29 bits per heavy atom. The summed E-state index contributed by atoms with van der Waals surface area (Å²) < 4.78 is 15.2. The SMILES string of the molecule is COC(CCC(C)c1cc(O)cc(=O)o1)OC. The maximum atomic E-state index is 11.1. The van der Waals surface area contributed by atoms with Crippen molar-refractivity contribution in [1.29, 1.82) is 0 Å². The lowest BCUT2D eigenvalue weighted by Crippen LogP contribution is -2.14. The van der Waals surface area contributed by atoms with Gasteiger partial charge in [0.25, 0.3) is 0 Å². The first-order chi connectivity index (χ1) is 8.06. The Hall–Kier alpha value is -1.33. The summed E-state index contributed by atoms with van der Waals surface area (Å²) in [5.74, 6) is 0.418. The van der Waals surface area contributed by atoms with E-state index >= 15 is 0 Å². The molecule has 0 aliphatic carbocycles. The molecular weight excluding hydrogens is 224 g/mol. The minimum Gasteiger partial charge on any atom is -0.508 e. The number of ether oxygens (including phenoxy) is 2. The zero-order valence-electron chi connectivity index (χ0n) is 10.3. The van der Waals surface area contributed by atoms with Crippen molar-refractivity contribution < 1.29 is 19.0 Å². The molecule has 1 rings (SSSR count). The molecular formula is C12H18O5. The van der Waals surface area contributed by atoms with Crippen molar-refractivity contribution in [3.05, 3.63) is 28.3 Å². The largest absolute Gasteiger partial charge is 0.508 e. The quantitative estimate of drug-likeness (QED) is 0.771. The Labute approximate surface area is 100.0 Å². The van der Waals surface area contributed by atoms with Crippen molar-refractivity contribution >= 4 is 0 Å². The van der Waals surface area contributed by atoms with Crippen LogP contribution >= 0.6 is 0 Å². The molecule has 0 saturated heterocycles. The smallest absolute Gasteiger partial charge is 0.339 e. The van der Waals surface area contributed by atoms with Crippen molar-refractivity contribution in [2.75, 3.05) is 14.2 Å². The van der Waals surface area contributed by atoms with Crippen LogP contribution in [0.1, 0.15) is 31.4 Å². The average Bonchev–Trinajstić information content (AvgIpc) is 2.28. The fourth-order valence-corrected chi connectivity index (χ4v) is 1.59. The summed E-state index contributed by atoms with van der Waals surface area (Å²) in [6.07, 6.45) is 1.16. The Morgan fingerprint density at radius 2 is 1.94 bits per heavy atom. The van der Waals surface area contributed by atoms with Crippen molar-refractivity contribution in [1.82, 2.24) is 0 Å². The fraction of sp³-hybridized carbons (Fsp3) is 0.583. The molecule has 5 heteroatoms. The monoisotopic (exact) mass is 242 g/mol. The van der Waals surface area contributed by atoms with Gasteiger partial charge in [-0.1, -0.05) is 6.92 Å². The zero-order chi connectivity index (χ0) is 12.8. The van der Waals surface area contributed by atoms with Gasteiger partial charge >= 0.3 is 5.63 Å². The van der Waals surface area contributed by atoms with E-state index in [0.717, 1.165) is 12.5 Å². The standard InChI is InChI=1S/C12H18O5/c1-8(4-5-12(15-2)16-3)10-6-9(13)7-11(14)17-10/h6-8,12-13H,4-5H2,1-3H3. The van der Waals surface area contributed by atoms with Gasteiger partial charge in [-0.15, -0.1) is 0 Å². The Kier molecular flexibility index (Phi) is 5.18. The molecule has 0 fully saturated rings. The molecule has 5 nitrogen and oxygen atoms in total. The van der Waals surface area contributed by atoms with Crippen LogP contribution in [0.2, 0.25) is 0 Å². The third-order valence-corrected chi connectivity index (χ3v) is 2.62. The average molecular weight is 242 g/mol. The van der Waals surface area contributed by atoms with E-state index in [1.165, 1.54) is 6.07 Å². The van der Waals surface area contributed by atoms with Crippen molar-refractivity contribution in [3.8, 4) is 5.75 Å². The molecule has 0 aliphatic heterocycles. The van der Waals surface area contributed by atoms with Crippen LogP contribution in [0, 0.1) is 0 Å². The van der Waals surface area contributed by atoms with Crippen molar-refractivity contribution in [3.63, 3.8) is 0 Å². The van der Waals surface area contributed by atoms with Gasteiger partial charge < -0.3 is 19.0 Å². The second-order valence-corrected chi connectivity index (χ2v) is 3.92. The third-order valence-electron chi connectivity index (χ3n) is 2.62. The highest BCUT2D eigenvalue weighted by Crippen LogP contribution is 2.23. The summed E-state index contributed by atoms with van der Waals surface area (Å²) >= 11 is 0. The van der Waals surface area contributed by atoms with Crippen LogP contribution in [0.5, 0.6) is 5.75 Å². The van der Waals surface area contributed by atoms with Crippen molar-refractivity contribution in [2.45, 2.75) is 32.0 Å². The van der Waals surface area contributed by atoms with Gasteiger partial charge in [0, 0.05) is 26.2 Å². The second-order valence-electron chi connectivity index (χ2n) is 3.92. The van der Waals surface area contributed by atoms with Gasteiger partial charge in [-0.25, -0.2) is 4.79 Å². The van der Waals surface area contributed by atoms with Crippen LogP contribution in [0.4, 0.5) is 0 Å². The third kappa shape index (κ3) is 4.20. The van der Waals surface area contributed by atoms with Crippen LogP contribution in [0.25, 0.3) is 0 Å². The van der Waals surface area contributed by atoms with Crippen LogP contribution in [-0.2, 0) is 9.47 Å². The molecule has 0 bridgehead atoms. The molecule has 1 unspecified atom stereocenters. The van der Waals surface area contributed by atoms with Crippen molar-refractivity contribution in [2.24, 2.45) is 0 Å². The van der Waals surface area contributed by atoms with Gasteiger partial charge in [-0.3, -0.25) is 0 Å². The molecule has 96 valence electrons. The molecule has 0 spiro atoms. The molecule has 1 atom stereocenters. The molecule has 1 heterocycles. The lowest BCUT2D eigenvalue weighted by Gasteiger charge is -2.15. The molecule has 0 saturated carbocycles. The normalized spacial score (nSPS) is 12.9. The van der Waals surface area contributed by atoms with E-state index < -0.39 is 5.63 Å². The van der Waals surface area contributed by atoms with E-state index in [1.54, 1.807) is 14.2 Å². The van der Waals surface area contributed by atoms with Gasteiger partial charge in [0.1, 0.15) is 11.5 Å². The summed E-state index contributed by atoms with van der Waals surface area (Å²) in [6.45, 7) is 1.92. The number of methoxy groups -OCH3 is 2. The minimum atomic E-state index is -0.540. The van der Waals surface area contributed by atoms with Crippen LogP contribution in [0.15, 0.2) is 21.3 Å². The first-order valence-corrected chi connectivity index (χ1v) is 5.46. The van der Waals surface area contributed by atoms with E-state index in [0.29, 0.717) is 12.2 Å². The summed E-state index contributed by atoms with van der Waals surface area (Å²) in [6, 6.07) is 2.50. The van der Waals surface area contributed by atoms with Gasteiger partial charge in [0.05, 0.1) is 6.07 Å². The molecule has 0 amide bonds. The number of hydrogen-bond acceptors (Lipinski definition) is 5. The van der Waals surface area contributed by atoms with Gasteiger partial charge in [-0.2, -0.15) is 0 Å². The topological polar surface area (TPSA) is 68.9 Å². The highest BCUT2D eigenvalue weighted by Gasteiger charge is 2.13. The summed E-state index contributed by atoms with van der Waals surface area (Å²) in [4.78, 5) is 11.1. The summed E-state index contributed by atoms with van der Waals surface area (Å²) in [5.41, 5.74) is -0.540. The van der Waals surface area contributed by atoms with Gasteiger partial charge in [0.2, 0.25) is 0 Å². The maximum Gasteiger partial charge on any atom is 0.339 e. The Morgan fingerprint density at radius 3 is 2.47 bits per heavy atom. The predicted molar refractivity (Wildman–Crippen MR) is 62.1 cm³/mol. The molecule has 1 N–H and O–H groups in total. The van der Waals surface area contributed by atoms with E-state index in [4.69, 9.17) is 13.9 Å². The molecule has 0 aliphatic rings. The van der Waals surface area contributed by atoms with E-state index in [1.807, 2.05) is 6.92 Å². The highest BCUT2D eigenvalue weighted by atomic mass is 16.7. The predicted octanol–water partition coefficient (Wildman–Crippen LogP) is 1.85. The van der Waals surface area contributed by atoms with Gasteiger partial charge in [-0.05, 0) is 12.8 Å². The first-order valence-electron chi connectivity index (χ1n) is 5.46. The fourth-order valence-electron chi connectivity index (χ4n) is 1.59. The maximum absolute atomic E-state index is 11.1.